The van der Waals surface area contributed by atoms with Crippen molar-refractivity contribution in [1.29, 1.82) is 0 Å². The summed E-state index contributed by atoms with van der Waals surface area (Å²) in [7, 11) is 1.55. The highest BCUT2D eigenvalue weighted by Crippen LogP contribution is 1.96. The molecule has 0 heterocycles. The fourth-order valence-corrected chi connectivity index (χ4v) is 0.669. The molecule has 0 unspecified atom stereocenters. The van der Waals surface area contributed by atoms with Gasteiger partial charge in [-0.3, -0.25) is 4.79 Å². The summed E-state index contributed by atoms with van der Waals surface area (Å²) in [6, 6.07) is 6.94. The lowest BCUT2D eigenvalue weighted by molar-refractivity contribution is 0.0963. The van der Waals surface area contributed by atoms with Crippen molar-refractivity contribution >= 4 is 5.91 Å². The number of carbonyl (C=O) groups excluding carboxylic acids is 1. The van der Waals surface area contributed by atoms with Crippen LogP contribution in [0.15, 0.2) is 30.3 Å². The topological polar surface area (TPSA) is 29.1 Å². The molecule has 1 aromatic rings. The second-order valence-corrected chi connectivity index (χ2v) is 1.86. The molecule has 1 rings (SSSR count). The maximum Gasteiger partial charge on any atom is 0.251 e. The molecule has 0 aliphatic rings. The Kier molecular flexibility index (Phi) is 1.65. The molecule has 0 saturated carbocycles. The molecule has 0 radical (unpaired) electrons. The van der Waals surface area contributed by atoms with Gasteiger partial charge in [0.1, 0.15) is 0 Å². The van der Waals surface area contributed by atoms with Crippen LogP contribution in [0.4, 0.5) is 0 Å². The highest BCUT2D eigenvalue weighted by molar-refractivity contribution is 5.93. The molecule has 0 aromatic heterocycles. The Morgan fingerprint density at radius 3 is 3.00 bits per heavy atom. The molecule has 1 N–H and O–H groups in total. The molecule has 0 atom stereocenters. The van der Waals surface area contributed by atoms with Gasteiger partial charge in [0, 0.05) is 12.6 Å². The Labute approximate surface area is 61.3 Å². The molecule has 0 aliphatic carbocycles. The Morgan fingerprint density at radius 2 is 2.40 bits per heavy atom. The molecule has 0 aliphatic heterocycles. The summed E-state index contributed by atoms with van der Waals surface area (Å²) in [5.74, 6) is -0.212. The number of rotatable bonds is 1. The third-order valence-corrected chi connectivity index (χ3v) is 1.18. The van der Waals surface area contributed by atoms with Crippen molar-refractivity contribution in [1.82, 2.24) is 5.32 Å². The minimum Gasteiger partial charge on any atom is -0.355 e. The molecule has 2 nitrogen and oxygen atoms in total. The molecule has 2 heteroatoms. The standard InChI is InChI=1S/C8H9NO/c1-9-8(10)7-5-3-2-4-6-7/h2-6H,1H3,(H,9,10)/i5T. The Morgan fingerprint density at radius 1 is 1.60 bits per heavy atom. The van der Waals surface area contributed by atoms with Crippen LogP contribution in [0.1, 0.15) is 11.7 Å². The van der Waals surface area contributed by atoms with Gasteiger partial charge >= 0.3 is 0 Å². The lowest BCUT2D eigenvalue weighted by Crippen LogP contribution is -2.17. The van der Waals surface area contributed by atoms with Crippen LogP contribution in [0, 0.1) is 0 Å². The number of benzene rings is 1. The lowest BCUT2D eigenvalue weighted by atomic mass is 10.2. The van der Waals surface area contributed by atoms with Crippen molar-refractivity contribution in [2.75, 3.05) is 7.05 Å². The van der Waals surface area contributed by atoms with Gasteiger partial charge in [-0.15, -0.1) is 0 Å². The first-order chi connectivity index (χ1) is 5.25. The fraction of sp³-hybridized carbons (Fsp3) is 0.125. The van der Waals surface area contributed by atoms with Crippen molar-refractivity contribution in [3.05, 3.63) is 35.9 Å². The zero-order valence-corrected chi connectivity index (χ0v) is 5.72. The zero-order chi connectivity index (χ0) is 8.27. The third kappa shape index (κ3) is 1.35. The van der Waals surface area contributed by atoms with Gasteiger partial charge < -0.3 is 5.32 Å². The molecule has 0 saturated heterocycles. The first kappa shape index (κ1) is 5.47. The van der Waals surface area contributed by atoms with Crippen LogP contribution in [-0.4, -0.2) is 13.0 Å². The molecule has 10 heavy (non-hydrogen) atoms. The smallest absolute Gasteiger partial charge is 0.251 e. The minimum absolute atomic E-state index is 0.212. The van der Waals surface area contributed by atoms with Crippen molar-refractivity contribution in [3.63, 3.8) is 0 Å². The van der Waals surface area contributed by atoms with Crippen molar-refractivity contribution in [2.24, 2.45) is 0 Å². The Bertz CT molecular complexity index is 273. The van der Waals surface area contributed by atoms with Crippen LogP contribution >= 0.6 is 0 Å². The van der Waals surface area contributed by atoms with E-state index >= 15 is 0 Å². The molecular formula is C8H9NO. The predicted molar refractivity (Wildman–Crippen MR) is 39.8 cm³/mol. The van der Waals surface area contributed by atoms with Gasteiger partial charge in [0.05, 0.1) is 1.37 Å². The summed E-state index contributed by atoms with van der Waals surface area (Å²) in [5, 5.41) is 2.46. The van der Waals surface area contributed by atoms with Gasteiger partial charge in [0.25, 0.3) is 5.91 Å². The second kappa shape index (κ2) is 3.01. The van der Waals surface area contributed by atoms with Crippen molar-refractivity contribution < 1.29 is 6.17 Å². The quantitative estimate of drug-likeness (QED) is 0.615. The lowest BCUT2D eigenvalue weighted by Gasteiger charge is -1.96. The molecular weight excluding hydrogens is 126 g/mol. The van der Waals surface area contributed by atoms with Gasteiger partial charge in [0.15, 0.2) is 0 Å². The van der Waals surface area contributed by atoms with Gasteiger partial charge in [-0.2, -0.15) is 0 Å². The van der Waals surface area contributed by atoms with Crippen LogP contribution < -0.4 is 5.32 Å². The summed E-state index contributed by atoms with van der Waals surface area (Å²) in [5.41, 5.74) is 0.412. The van der Waals surface area contributed by atoms with E-state index in [1.807, 2.05) is 0 Å². The van der Waals surface area contributed by atoms with Crippen LogP contribution in [0.25, 0.3) is 0 Å². The van der Waals surface area contributed by atoms with E-state index in [1.165, 1.54) is 0 Å². The predicted octanol–water partition coefficient (Wildman–Crippen LogP) is 1.05. The number of hydrogen-bond donors (Lipinski definition) is 1. The first-order valence-electron chi connectivity index (χ1n) is 3.53. The van der Waals surface area contributed by atoms with E-state index in [0.717, 1.165) is 0 Å². The van der Waals surface area contributed by atoms with Crippen LogP contribution in [0.3, 0.4) is 0 Å². The summed E-state index contributed by atoms with van der Waals surface area (Å²) < 4.78 is 7.34. The van der Waals surface area contributed by atoms with Gasteiger partial charge in [-0.25, -0.2) is 0 Å². The molecule has 1 amide bonds. The highest BCUT2D eigenvalue weighted by Gasteiger charge is 1.97. The second-order valence-electron chi connectivity index (χ2n) is 1.86. The SMILES string of the molecule is [3H]c1ccccc1C(=O)NC. The third-order valence-electron chi connectivity index (χ3n) is 1.18. The van der Waals surface area contributed by atoms with Crippen LogP contribution in [0.2, 0.25) is 0 Å². The first-order valence-corrected chi connectivity index (χ1v) is 3.03. The maximum atomic E-state index is 11.0. The maximum absolute atomic E-state index is 11.0. The molecule has 0 fully saturated rings. The average Bonchev–Trinajstić information content (AvgIpc) is 2.04. The van der Waals surface area contributed by atoms with E-state index < -0.39 is 0 Å². The Balaban J connectivity index is 3.03. The fourth-order valence-electron chi connectivity index (χ4n) is 0.669. The average molecular weight is 137 g/mol. The van der Waals surface area contributed by atoms with Crippen molar-refractivity contribution in [3.8, 4) is 0 Å². The summed E-state index contributed by atoms with van der Waals surface area (Å²) >= 11 is 0. The molecule has 52 valence electrons. The number of hydrogen-bond acceptors (Lipinski definition) is 1. The van der Waals surface area contributed by atoms with Crippen LogP contribution in [-0.2, 0) is 0 Å². The van der Waals surface area contributed by atoms with Gasteiger partial charge in [-0.05, 0) is 12.1 Å². The van der Waals surface area contributed by atoms with E-state index in [2.05, 4.69) is 5.32 Å². The van der Waals surface area contributed by atoms with Gasteiger partial charge in [0.2, 0.25) is 0 Å². The van der Waals surface area contributed by atoms with E-state index in [4.69, 9.17) is 1.37 Å². The molecule has 0 bridgehead atoms. The monoisotopic (exact) mass is 137 g/mol. The van der Waals surface area contributed by atoms with E-state index in [9.17, 15) is 4.79 Å². The largest absolute Gasteiger partial charge is 0.355 e. The number of nitrogens with one attached hydrogen (secondary N) is 1. The van der Waals surface area contributed by atoms with Crippen LogP contribution in [0.5, 0.6) is 0 Å². The minimum atomic E-state index is -0.212. The molecule has 1 aromatic carbocycles. The summed E-state index contributed by atoms with van der Waals surface area (Å²) in [4.78, 5) is 11.0. The molecule has 0 spiro atoms. The van der Waals surface area contributed by atoms with Gasteiger partial charge in [-0.1, -0.05) is 18.2 Å². The van der Waals surface area contributed by atoms with E-state index in [0.29, 0.717) is 5.56 Å². The van der Waals surface area contributed by atoms with E-state index in [1.54, 1.807) is 31.3 Å². The van der Waals surface area contributed by atoms with Crippen molar-refractivity contribution in [2.45, 2.75) is 0 Å². The summed E-state index contributed by atoms with van der Waals surface area (Å²) in [6.07, 6.45) is 0. The number of amides is 1. The normalized spacial score (nSPS) is 10.3. The summed E-state index contributed by atoms with van der Waals surface area (Å²) in [6.45, 7) is 0. The van der Waals surface area contributed by atoms with E-state index in [-0.39, 0.29) is 11.9 Å². The number of carbonyl (C=O) groups is 1. The Hall–Kier alpha value is -1.31. The highest BCUT2D eigenvalue weighted by atomic mass is 16.1. The zero-order valence-electron chi connectivity index (χ0n) is 6.72.